The Morgan fingerprint density at radius 2 is 2.06 bits per heavy atom. The van der Waals surface area contributed by atoms with Crippen molar-refractivity contribution in [3.05, 3.63) is 34.4 Å². The largest absolute Gasteiger partial charge is 0.310 e. The quantitative estimate of drug-likeness (QED) is 0.781. The molecule has 1 aliphatic carbocycles. The van der Waals surface area contributed by atoms with Gasteiger partial charge in [-0.15, -0.1) is 0 Å². The highest BCUT2D eigenvalue weighted by Gasteiger charge is 2.25. The van der Waals surface area contributed by atoms with Crippen molar-refractivity contribution in [2.75, 3.05) is 6.54 Å². The van der Waals surface area contributed by atoms with E-state index in [2.05, 4.69) is 5.32 Å². The number of hydrogen-bond donors (Lipinski definition) is 1. The molecule has 1 unspecified atom stereocenters. The zero-order valence-electron chi connectivity index (χ0n) is 10.5. The van der Waals surface area contributed by atoms with E-state index in [0.717, 1.165) is 19.0 Å². The number of benzene rings is 1. The first kappa shape index (κ1) is 13.8. The molecule has 0 bridgehead atoms. The molecule has 100 valence electrons. The van der Waals surface area contributed by atoms with Crippen molar-refractivity contribution in [3.8, 4) is 0 Å². The topological polar surface area (TPSA) is 12.0 Å². The van der Waals surface area contributed by atoms with Crippen molar-refractivity contribution in [1.82, 2.24) is 5.32 Å². The van der Waals surface area contributed by atoms with Crippen molar-refractivity contribution < 1.29 is 8.78 Å². The van der Waals surface area contributed by atoms with E-state index in [9.17, 15) is 8.78 Å². The predicted molar refractivity (Wildman–Crippen MR) is 69.7 cm³/mol. The minimum atomic E-state index is -0.551. The van der Waals surface area contributed by atoms with Crippen LogP contribution in [0.15, 0.2) is 12.1 Å². The van der Waals surface area contributed by atoms with Gasteiger partial charge in [-0.1, -0.05) is 37.8 Å². The lowest BCUT2D eigenvalue weighted by Crippen LogP contribution is -2.26. The fourth-order valence-corrected chi connectivity index (χ4v) is 2.58. The molecule has 1 fully saturated rings. The average molecular weight is 274 g/mol. The Labute approximate surface area is 112 Å². The highest BCUT2D eigenvalue weighted by molar-refractivity contribution is 6.30. The second kappa shape index (κ2) is 5.98. The van der Waals surface area contributed by atoms with Crippen LogP contribution in [0.1, 0.15) is 44.2 Å². The van der Waals surface area contributed by atoms with Gasteiger partial charge in [0.15, 0.2) is 0 Å². The third kappa shape index (κ3) is 3.01. The lowest BCUT2D eigenvalue weighted by Gasteiger charge is -2.30. The van der Waals surface area contributed by atoms with Crippen molar-refractivity contribution in [3.63, 3.8) is 0 Å². The summed E-state index contributed by atoms with van der Waals surface area (Å²) < 4.78 is 27.4. The van der Waals surface area contributed by atoms with Crippen LogP contribution in [0.3, 0.4) is 0 Å². The summed E-state index contributed by atoms with van der Waals surface area (Å²) in [7, 11) is 0. The maximum atomic E-state index is 13.9. The van der Waals surface area contributed by atoms with Crippen LogP contribution in [0.5, 0.6) is 0 Å². The van der Waals surface area contributed by atoms with Crippen LogP contribution in [-0.4, -0.2) is 6.54 Å². The average Bonchev–Trinajstić information content (AvgIpc) is 2.27. The Morgan fingerprint density at radius 1 is 1.33 bits per heavy atom. The molecule has 0 spiro atoms. The molecule has 4 heteroatoms. The smallest absolute Gasteiger partial charge is 0.142 e. The van der Waals surface area contributed by atoms with Crippen LogP contribution in [0, 0.1) is 17.6 Å². The van der Waals surface area contributed by atoms with Gasteiger partial charge in [0.25, 0.3) is 0 Å². The summed E-state index contributed by atoms with van der Waals surface area (Å²) in [5.74, 6) is -0.344. The standard InChI is InChI=1S/C14H18ClF2N/c1-2-18-14(6-9-4-3-5-9)10-7-13(17)11(15)8-12(10)16/h7-9,14,18H,2-6H2,1H3. The van der Waals surface area contributed by atoms with Gasteiger partial charge in [0.2, 0.25) is 0 Å². The van der Waals surface area contributed by atoms with Crippen molar-refractivity contribution >= 4 is 11.6 Å². The second-order valence-electron chi connectivity index (χ2n) is 4.93. The van der Waals surface area contributed by atoms with Crippen LogP contribution in [0.4, 0.5) is 8.78 Å². The van der Waals surface area contributed by atoms with Gasteiger partial charge >= 0.3 is 0 Å². The number of halogens is 3. The van der Waals surface area contributed by atoms with Crippen molar-refractivity contribution in [2.24, 2.45) is 5.92 Å². The molecule has 0 amide bonds. The van der Waals surface area contributed by atoms with E-state index in [1.54, 1.807) is 0 Å². The zero-order chi connectivity index (χ0) is 13.1. The molecule has 1 saturated carbocycles. The first-order chi connectivity index (χ1) is 8.61. The lowest BCUT2D eigenvalue weighted by molar-refractivity contribution is 0.260. The SMILES string of the molecule is CCNC(CC1CCC1)c1cc(F)c(Cl)cc1F. The summed E-state index contributed by atoms with van der Waals surface area (Å²) in [5.41, 5.74) is 0.394. The van der Waals surface area contributed by atoms with E-state index in [1.807, 2.05) is 6.92 Å². The Kier molecular flexibility index (Phi) is 4.57. The Morgan fingerprint density at radius 3 is 2.61 bits per heavy atom. The minimum absolute atomic E-state index is 0.118. The second-order valence-corrected chi connectivity index (χ2v) is 5.34. The van der Waals surface area contributed by atoms with Crippen LogP contribution < -0.4 is 5.32 Å². The normalized spacial score (nSPS) is 17.6. The molecule has 1 atom stereocenters. The highest BCUT2D eigenvalue weighted by atomic mass is 35.5. The summed E-state index contributed by atoms with van der Waals surface area (Å²) in [4.78, 5) is 0. The summed E-state index contributed by atoms with van der Waals surface area (Å²) in [6, 6.07) is 2.17. The summed E-state index contributed by atoms with van der Waals surface area (Å²) >= 11 is 5.58. The van der Waals surface area contributed by atoms with E-state index in [1.165, 1.54) is 25.3 Å². The third-order valence-corrected chi connectivity index (χ3v) is 3.95. The molecule has 1 aromatic carbocycles. The van der Waals surface area contributed by atoms with Crippen molar-refractivity contribution in [2.45, 2.75) is 38.6 Å². The number of hydrogen-bond acceptors (Lipinski definition) is 1. The van der Waals surface area contributed by atoms with Gasteiger partial charge in [-0.2, -0.15) is 0 Å². The molecule has 18 heavy (non-hydrogen) atoms. The van der Waals surface area contributed by atoms with Crippen LogP contribution >= 0.6 is 11.6 Å². The van der Waals surface area contributed by atoms with Gasteiger partial charge in [-0.3, -0.25) is 0 Å². The van der Waals surface area contributed by atoms with E-state index in [0.29, 0.717) is 11.5 Å². The Bertz CT molecular complexity index is 419. The molecule has 0 aliphatic heterocycles. The maximum absolute atomic E-state index is 13.9. The van der Waals surface area contributed by atoms with Gasteiger partial charge in [-0.05, 0) is 31.0 Å². The first-order valence-corrected chi connectivity index (χ1v) is 6.87. The zero-order valence-corrected chi connectivity index (χ0v) is 11.2. The summed E-state index contributed by atoms with van der Waals surface area (Å²) in [5, 5.41) is 3.08. The lowest BCUT2D eigenvalue weighted by atomic mass is 9.79. The first-order valence-electron chi connectivity index (χ1n) is 6.49. The maximum Gasteiger partial charge on any atom is 0.142 e. The Balaban J connectivity index is 2.20. The van der Waals surface area contributed by atoms with E-state index < -0.39 is 11.6 Å². The molecule has 1 N–H and O–H groups in total. The van der Waals surface area contributed by atoms with Gasteiger partial charge in [0.05, 0.1) is 5.02 Å². The van der Waals surface area contributed by atoms with Gasteiger partial charge in [-0.25, -0.2) is 8.78 Å². The minimum Gasteiger partial charge on any atom is -0.310 e. The van der Waals surface area contributed by atoms with Gasteiger partial charge in [0, 0.05) is 11.6 Å². The van der Waals surface area contributed by atoms with Gasteiger partial charge in [0.1, 0.15) is 11.6 Å². The molecule has 0 radical (unpaired) electrons. The molecule has 0 saturated heterocycles. The fraction of sp³-hybridized carbons (Fsp3) is 0.571. The van der Waals surface area contributed by atoms with Gasteiger partial charge < -0.3 is 5.32 Å². The summed E-state index contributed by atoms with van der Waals surface area (Å²) in [6.45, 7) is 2.71. The third-order valence-electron chi connectivity index (χ3n) is 3.66. The molecule has 2 rings (SSSR count). The van der Waals surface area contributed by atoms with E-state index in [-0.39, 0.29) is 11.1 Å². The van der Waals surface area contributed by atoms with Crippen LogP contribution in [0.2, 0.25) is 5.02 Å². The van der Waals surface area contributed by atoms with E-state index in [4.69, 9.17) is 11.6 Å². The molecule has 1 aromatic rings. The molecular formula is C14H18ClF2N. The van der Waals surface area contributed by atoms with Crippen molar-refractivity contribution in [1.29, 1.82) is 0 Å². The molecular weight excluding hydrogens is 256 g/mol. The Hall–Kier alpha value is -0.670. The molecule has 1 aliphatic rings. The molecule has 0 aromatic heterocycles. The highest BCUT2D eigenvalue weighted by Crippen LogP contribution is 2.36. The predicted octanol–water partition coefficient (Wildman–Crippen LogP) is 4.46. The monoisotopic (exact) mass is 273 g/mol. The number of nitrogens with one attached hydrogen (secondary N) is 1. The molecule has 1 nitrogen and oxygen atoms in total. The van der Waals surface area contributed by atoms with E-state index >= 15 is 0 Å². The van der Waals surface area contributed by atoms with Crippen LogP contribution in [0.25, 0.3) is 0 Å². The molecule has 0 heterocycles. The fourth-order valence-electron chi connectivity index (χ4n) is 2.43. The number of rotatable bonds is 5. The summed E-state index contributed by atoms with van der Waals surface area (Å²) in [6.07, 6.45) is 4.51. The van der Waals surface area contributed by atoms with Crippen LogP contribution in [-0.2, 0) is 0 Å².